The molecule has 1 unspecified atom stereocenters. The van der Waals surface area contributed by atoms with Crippen LogP contribution in [0.1, 0.15) is 63.5 Å². The van der Waals surface area contributed by atoms with E-state index in [1.807, 2.05) is 0 Å². The molecule has 3 aliphatic rings. The van der Waals surface area contributed by atoms with Gasteiger partial charge in [0.25, 0.3) is 11.9 Å². The first-order valence-corrected chi connectivity index (χ1v) is 11.1. The average Bonchev–Trinajstić information content (AvgIpc) is 3.14. The minimum absolute atomic E-state index is 0.131. The van der Waals surface area contributed by atoms with Crippen LogP contribution in [0.25, 0.3) is 0 Å². The van der Waals surface area contributed by atoms with E-state index in [0.717, 1.165) is 50.7 Å². The second-order valence-electron chi connectivity index (χ2n) is 8.30. The molecular weight excluding hydrogens is 396 g/mol. The number of fused-ring (bicyclic) bond motifs is 1. The Kier molecular flexibility index (Phi) is 6.39. The first kappa shape index (κ1) is 21.1. The van der Waals surface area contributed by atoms with Crippen molar-refractivity contribution in [3.05, 3.63) is 23.4 Å². The van der Waals surface area contributed by atoms with E-state index >= 15 is 0 Å². The van der Waals surface area contributed by atoms with Gasteiger partial charge in [-0.15, -0.1) is 0 Å². The molecule has 1 fully saturated rings. The molecule has 0 spiro atoms. The van der Waals surface area contributed by atoms with E-state index in [1.165, 1.54) is 23.1 Å². The van der Waals surface area contributed by atoms with Gasteiger partial charge >= 0.3 is 11.8 Å². The van der Waals surface area contributed by atoms with Gasteiger partial charge in [-0.1, -0.05) is 18.1 Å². The maximum atomic E-state index is 12.4. The lowest BCUT2D eigenvalue weighted by Gasteiger charge is -2.24. The molecule has 4 rings (SSSR count). The highest BCUT2D eigenvalue weighted by atomic mass is 16.2. The molecule has 164 valence electrons. The summed E-state index contributed by atoms with van der Waals surface area (Å²) in [5.74, 6) is -1.56. The normalized spacial score (nSPS) is 20.9. The second kappa shape index (κ2) is 9.36. The second-order valence-corrected chi connectivity index (χ2v) is 8.30. The summed E-state index contributed by atoms with van der Waals surface area (Å²) in [4.78, 5) is 45.7. The van der Waals surface area contributed by atoms with Crippen LogP contribution in [0.2, 0.25) is 0 Å². The number of rotatable bonds is 4. The Morgan fingerprint density at radius 1 is 1.13 bits per heavy atom. The number of amides is 3. The molecule has 1 aromatic heterocycles. The SMILES string of the molecule is Cc1cc(NC(=O)C(=O)NCCC2=CCCCC2)n(C2=NC(=O)C3CCCCC3=N2)n1. The molecule has 2 N–H and O–H groups in total. The van der Waals surface area contributed by atoms with Gasteiger partial charge in [0.1, 0.15) is 5.82 Å². The maximum Gasteiger partial charge on any atom is 0.314 e. The molecule has 0 aromatic carbocycles. The molecule has 9 heteroatoms. The van der Waals surface area contributed by atoms with Crippen molar-refractivity contribution in [1.82, 2.24) is 15.1 Å². The fourth-order valence-corrected chi connectivity index (χ4v) is 4.28. The molecule has 2 heterocycles. The van der Waals surface area contributed by atoms with Crippen LogP contribution < -0.4 is 10.6 Å². The highest BCUT2D eigenvalue weighted by Crippen LogP contribution is 2.26. The summed E-state index contributed by atoms with van der Waals surface area (Å²) in [7, 11) is 0. The first-order valence-electron chi connectivity index (χ1n) is 11.1. The minimum atomic E-state index is -0.787. The van der Waals surface area contributed by atoms with Gasteiger partial charge in [0.05, 0.1) is 11.6 Å². The van der Waals surface area contributed by atoms with Gasteiger partial charge in [-0.05, 0) is 58.3 Å². The lowest BCUT2D eigenvalue weighted by atomic mass is 9.86. The van der Waals surface area contributed by atoms with Crippen molar-refractivity contribution in [2.75, 3.05) is 11.9 Å². The number of carbonyl (C=O) groups excluding carboxylic acids is 3. The van der Waals surface area contributed by atoms with Crippen LogP contribution in [-0.4, -0.2) is 45.7 Å². The van der Waals surface area contributed by atoms with E-state index in [9.17, 15) is 14.4 Å². The van der Waals surface area contributed by atoms with Crippen molar-refractivity contribution in [2.24, 2.45) is 15.9 Å². The number of nitrogens with zero attached hydrogens (tertiary/aromatic N) is 4. The molecule has 1 aliphatic heterocycles. The third-order valence-corrected chi connectivity index (χ3v) is 5.92. The maximum absolute atomic E-state index is 12.4. The number of allylic oxidation sites excluding steroid dienone is 1. The zero-order valence-corrected chi connectivity index (χ0v) is 17.8. The lowest BCUT2D eigenvalue weighted by Crippen LogP contribution is -2.37. The van der Waals surface area contributed by atoms with Crippen LogP contribution in [0.5, 0.6) is 0 Å². The third kappa shape index (κ3) is 4.98. The Bertz CT molecular complexity index is 987. The lowest BCUT2D eigenvalue weighted by molar-refractivity contribution is -0.136. The summed E-state index contributed by atoms with van der Waals surface area (Å²) in [6.07, 6.45) is 11.0. The number of aryl methyl sites for hydroxylation is 1. The fraction of sp³-hybridized carbons (Fsp3) is 0.545. The first-order chi connectivity index (χ1) is 15.0. The Morgan fingerprint density at radius 3 is 2.77 bits per heavy atom. The Hall–Kier alpha value is -3.10. The van der Waals surface area contributed by atoms with E-state index in [4.69, 9.17) is 0 Å². The zero-order valence-electron chi connectivity index (χ0n) is 17.8. The molecule has 31 heavy (non-hydrogen) atoms. The van der Waals surface area contributed by atoms with Crippen LogP contribution in [-0.2, 0) is 14.4 Å². The number of carbonyl (C=O) groups is 3. The molecule has 0 saturated heterocycles. The van der Waals surface area contributed by atoms with E-state index < -0.39 is 11.8 Å². The van der Waals surface area contributed by atoms with Crippen LogP contribution in [0.3, 0.4) is 0 Å². The fourth-order valence-electron chi connectivity index (χ4n) is 4.28. The Balaban J connectivity index is 1.41. The number of nitrogens with one attached hydrogen (secondary N) is 2. The standard InChI is InChI=1S/C22H28N6O3/c1-14-13-18(25-21(31)20(30)23-12-11-15-7-3-2-4-8-15)28(27-14)22-24-17-10-6-5-9-16(17)19(29)26-22/h7,13,16H,2-6,8-12H2,1H3,(H,23,30)(H,25,31). The molecule has 1 atom stereocenters. The molecular formula is C22H28N6O3. The Labute approximate surface area is 181 Å². The predicted octanol–water partition coefficient (Wildman–Crippen LogP) is 2.51. The van der Waals surface area contributed by atoms with E-state index in [2.05, 4.69) is 31.8 Å². The molecule has 3 amide bonds. The molecule has 9 nitrogen and oxygen atoms in total. The van der Waals surface area contributed by atoms with Crippen molar-refractivity contribution in [3.8, 4) is 0 Å². The highest BCUT2D eigenvalue weighted by Gasteiger charge is 2.32. The largest absolute Gasteiger partial charge is 0.348 e. The average molecular weight is 425 g/mol. The van der Waals surface area contributed by atoms with E-state index in [0.29, 0.717) is 12.2 Å². The van der Waals surface area contributed by atoms with Gasteiger partial charge in [0.15, 0.2) is 0 Å². The highest BCUT2D eigenvalue weighted by molar-refractivity contribution is 6.39. The van der Waals surface area contributed by atoms with Gasteiger partial charge in [-0.2, -0.15) is 14.8 Å². The van der Waals surface area contributed by atoms with E-state index in [1.54, 1.807) is 13.0 Å². The number of anilines is 1. The van der Waals surface area contributed by atoms with Crippen molar-refractivity contribution in [2.45, 2.75) is 64.7 Å². The van der Waals surface area contributed by atoms with Crippen LogP contribution in [0, 0.1) is 12.8 Å². The predicted molar refractivity (Wildman–Crippen MR) is 117 cm³/mol. The smallest absolute Gasteiger partial charge is 0.314 e. The number of aromatic nitrogens is 2. The summed E-state index contributed by atoms with van der Waals surface area (Å²) in [6.45, 7) is 2.18. The molecule has 1 saturated carbocycles. The van der Waals surface area contributed by atoms with Crippen molar-refractivity contribution < 1.29 is 14.4 Å². The summed E-state index contributed by atoms with van der Waals surface area (Å²) in [5, 5.41) is 9.56. The quantitative estimate of drug-likeness (QED) is 0.570. The van der Waals surface area contributed by atoms with Gasteiger partial charge in [-0.3, -0.25) is 14.4 Å². The molecule has 0 bridgehead atoms. The van der Waals surface area contributed by atoms with Gasteiger partial charge in [-0.25, -0.2) is 4.99 Å². The summed E-state index contributed by atoms with van der Waals surface area (Å²) >= 11 is 0. The molecule has 0 radical (unpaired) electrons. The summed E-state index contributed by atoms with van der Waals surface area (Å²) in [5.41, 5.74) is 2.77. The molecule has 2 aliphatic carbocycles. The monoisotopic (exact) mass is 424 g/mol. The number of aliphatic imine (C=N–C) groups is 2. The van der Waals surface area contributed by atoms with Crippen molar-refractivity contribution in [3.63, 3.8) is 0 Å². The van der Waals surface area contributed by atoms with Crippen LogP contribution in [0.4, 0.5) is 5.82 Å². The van der Waals surface area contributed by atoms with Gasteiger partial charge < -0.3 is 10.6 Å². The van der Waals surface area contributed by atoms with Gasteiger partial charge in [0.2, 0.25) is 0 Å². The third-order valence-electron chi connectivity index (χ3n) is 5.92. The van der Waals surface area contributed by atoms with Crippen molar-refractivity contribution >= 4 is 35.2 Å². The summed E-state index contributed by atoms with van der Waals surface area (Å²) < 4.78 is 1.32. The number of hydrogen-bond donors (Lipinski definition) is 2. The minimum Gasteiger partial charge on any atom is -0.348 e. The topological polar surface area (TPSA) is 118 Å². The van der Waals surface area contributed by atoms with Gasteiger partial charge in [0, 0.05) is 18.3 Å². The zero-order chi connectivity index (χ0) is 21.8. The van der Waals surface area contributed by atoms with E-state index in [-0.39, 0.29) is 23.6 Å². The van der Waals surface area contributed by atoms with Crippen LogP contribution in [0.15, 0.2) is 27.7 Å². The van der Waals surface area contributed by atoms with Crippen molar-refractivity contribution in [1.29, 1.82) is 0 Å². The molecule has 1 aromatic rings. The Morgan fingerprint density at radius 2 is 1.97 bits per heavy atom. The number of hydrogen-bond acceptors (Lipinski definition) is 5. The van der Waals surface area contributed by atoms with Crippen LogP contribution >= 0.6 is 0 Å². The summed E-state index contributed by atoms with van der Waals surface area (Å²) in [6, 6.07) is 1.62.